The molecule has 2 aromatic carbocycles. The Morgan fingerprint density at radius 1 is 0.972 bits per heavy atom. The summed E-state index contributed by atoms with van der Waals surface area (Å²) in [6.07, 6.45) is -1.47. The van der Waals surface area contributed by atoms with Gasteiger partial charge in [-0.3, -0.25) is 9.59 Å². The van der Waals surface area contributed by atoms with E-state index < -0.39 is 42.1 Å². The molecule has 0 radical (unpaired) electrons. The third kappa shape index (κ3) is 5.51. The summed E-state index contributed by atoms with van der Waals surface area (Å²) in [5, 5.41) is 3.05. The predicted molar refractivity (Wildman–Crippen MR) is 133 cm³/mol. The number of rotatable bonds is 6. The van der Waals surface area contributed by atoms with E-state index in [1.165, 1.54) is 15.4 Å². The molecule has 0 spiro atoms. The quantitative estimate of drug-likeness (QED) is 0.642. The van der Waals surface area contributed by atoms with Gasteiger partial charge in [-0.05, 0) is 22.6 Å². The van der Waals surface area contributed by atoms with Gasteiger partial charge in [-0.2, -0.15) is 0 Å². The number of hydrogen-bond donors (Lipinski definition) is 2. The maximum atomic E-state index is 14.6. The number of nitrogens with zero attached hydrogens (tertiary/aromatic N) is 2. The molecule has 2 aliphatic rings. The van der Waals surface area contributed by atoms with Crippen molar-refractivity contribution in [2.45, 2.75) is 50.5 Å². The van der Waals surface area contributed by atoms with Crippen LogP contribution in [-0.2, 0) is 14.3 Å². The number of carbonyl (C=O) groups excluding carboxylic acids is 3. The van der Waals surface area contributed by atoms with E-state index in [0.717, 1.165) is 11.1 Å². The summed E-state index contributed by atoms with van der Waals surface area (Å²) >= 11 is 0. The van der Waals surface area contributed by atoms with E-state index in [4.69, 9.17) is 10.5 Å². The molecule has 8 nitrogen and oxygen atoms in total. The number of alkyl halides is 1. The third-order valence-corrected chi connectivity index (χ3v) is 6.89. The topological polar surface area (TPSA) is 105 Å². The molecular formula is C27H33FN4O4. The number of amides is 4. The van der Waals surface area contributed by atoms with Crippen molar-refractivity contribution in [2.75, 3.05) is 26.3 Å². The molecule has 0 bridgehead atoms. The summed E-state index contributed by atoms with van der Waals surface area (Å²) < 4.78 is 19.9. The van der Waals surface area contributed by atoms with E-state index in [1.807, 2.05) is 54.6 Å². The van der Waals surface area contributed by atoms with Crippen LogP contribution in [0, 0.1) is 0 Å². The second-order valence-corrected chi connectivity index (χ2v) is 9.64. The Morgan fingerprint density at radius 2 is 1.61 bits per heavy atom. The first-order chi connectivity index (χ1) is 17.3. The zero-order valence-corrected chi connectivity index (χ0v) is 20.6. The van der Waals surface area contributed by atoms with Gasteiger partial charge in [-0.15, -0.1) is 0 Å². The summed E-state index contributed by atoms with van der Waals surface area (Å²) in [6.45, 7) is 4.38. The lowest BCUT2D eigenvalue weighted by Crippen LogP contribution is -2.60. The number of carbonyl (C=O) groups is 3. The number of hydrogen-bond acceptors (Lipinski definition) is 4. The van der Waals surface area contributed by atoms with Crippen LogP contribution in [-0.4, -0.2) is 72.2 Å². The van der Waals surface area contributed by atoms with Gasteiger partial charge in [-0.25, -0.2) is 9.18 Å². The summed E-state index contributed by atoms with van der Waals surface area (Å²) in [7, 11) is 0. The molecule has 2 aliphatic heterocycles. The average Bonchev–Trinajstić information content (AvgIpc) is 3.29. The Kier molecular flexibility index (Phi) is 7.88. The SMILES string of the molecule is CC(C)c1ccc([C@@H](NC(=O)[C@@H]2C[C@@H](F)CN2C(=O)C2COCCN2C(N)=O)c2ccccc2)cc1. The molecule has 2 saturated heterocycles. The van der Waals surface area contributed by atoms with Crippen LogP contribution < -0.4 is 11.1 Å². The van der Waals surface area contributed by atoms with Gasteiger partial charge in [0.1, 0.15) is 18.3 Å². The average molecular weight is 497 g/mol. The van der Waals surface area contributed by atoms with Crippen LogP contribution in [0.4, 0.5) is 9.18 Å². The van der Waals surface area contributed by atoms with Crippen LogP contribution >= 0.6 is 0 Å². The summed E-state index contributed by atoms with van der Waals surface area (Å²) in [5.74, 6) is -0.619. The molecule has 192 valence electrons. The van der Waals surface area contributed by atoms with Crippen molar-refractivity contribution in [1.82, 2.24) is 15.1 Å². The van der Waals surface area contributed by atoms with E-state index in [0.29, 0.717) is 5.92 Å². The highest BCUT2D eigenvalue weighted by Crippen LogP contribution is 2.28. The molecular weight excluding hydrogens is 463 g/mol. The van der Waals surface area contributed by atoms with Crippen molar-refractivity contribution in [3.05, 3.63) is 71.3 Å². The van der Waals surface area contributed by atoms with Gasteiger partial charge in [0.25, 0.3) is 0 Å². The molecule has 1 unspecified atom stereocenters. The molecule has 4 amide bonds. The fourth-order valence-corrected chi connectivity index (χ4v) is 4.86. The maximum Gasteiger partial charge on any atom is 0.315 e. The number of likely N-dealkylation sites (tertiary alicyclic amines) is 1. The minimum absolute atomic E-state index is 0.0432. The lowest BCUT2D eigenvalue weighted by atomic mass is 9.95. The van der Waals surface area contributed by atoms with Crippen LogP contribution in [0.25, 0.3) is 0 Å². The predicted octanol–water partition coefficient (Wildman–Crippen LogP) is 2.73. The molecule has 2 fully saturated rings. The number of nitrogens with two attached hydrogens (primary N) is 1. The van der Waals surface area contributed by atoms with E-state index in [9.17, 15) is 18.8 Å². The van der Waals surface area contributed by atoms with E-state index >= 15 is 0 Å². The van der Waals surface area contributed by atoms with Gasteiger partial charge >= 0.3 is 6.03 Å². The minimum atomic E-state index is -1.35. The second kappa shape index (κ2) is 11.1. The first-order valence-electron chi connectivity index (χ1n) is 12.3. The molecule has 9 heteroatoms. The van der Waals surface area contributed by atoms with Crippen molar-refractivity contribution in [2.24, 2.45) is 5.73 Å². The molecule has 2 aromatic rings. The number of halogens is 1. The lowest BCUT2D eigenvalue weighted by molar-refractivity contribution is -0.146. The van der Waals surface area contributed by atoms with Crippen molar-refractivity contribution in [3.8, 4) is 0 Å². The molecule has 0 aliphatic carbocycles. The normalized spacial score (nSPS) is 22.9. The fraction of sp³-hybridized carbons (Fsp3) is 0.444. The molecule has 4 atom stereocenters. The molecule has 3 N–H and O–H groups in total. The Labute approximate surface area is 210 Å². The third-order valence-electron chi connectivity index (χ3n) is 6.89. The highest BCUT2D eigenvalue weighted by Gasteiger charge is 2.45. The standard InChI is InChI=1S/C27H33FN4O4/c1-17(2)18-8-10-20(11-9-18)24(19-6-4-3-5-7-19)30-25(33)22-14-21(28)15-32(22)26(34)23-16-36-13-12-31(23)27(29)35/h3-11,17,21-24H,12-16H2,1-2H3,(H2,29,35)(H,30,33)/t21-,22+,23?,24+/m1/s1. The monoisotopic (exact) mass is 496 g/mol. The maximum absolute atomic E-state index is 14.6. The number of benzene rings is 2. The minimum Gasteiger partial charge on any atom is -0.377 e. The van der Waals surface area contributed by atoms with E-state index in [-0.39, 0.29) is 32.7 Å². The Hall–Kier alpha value is -3.46. The molecule has 2 heterocycles. The van der Waals surface area contributed by atoms with Gasteiger partial charge in [0.05, 0.1) is 25.8 Å². The number of ether oxygens (including phenoxy) is 1. The van der Waals surface area contributed by atoms with Gasteiger partial charge in [-0.1, -0.05) is 68.4 Å². The van der Waals surface area contributed by atoms with Crippen LogP contribution in [0.3, 0.4) is 0 Å². The van der Waals surface area contributed by atoms with Crippen molar-refractivity contribution < 1.29 is 23.5 Å². The van der Waals surface area contributed by atoms with Crippen LogP contribution in [0.5, 0.6) is 0 Å². The van der Waals surface area contributed by atoms with Gasteiger partial charge in [0, 0.05) is 13.0 Å². The van der Waals surface area contributed by atoms with E-state index in [1.54, 1.807) is 0 Å². The second-order valence-electron chi connectivity index (χ2n) is 9.64. The Morgan fingerprint density at radius 3 is 2.25 bits per heavy atom. The van der Waals surface area contributed by atoms with Crippen LogP contribution in [0.2, 0.25) is 0 Å². The fourth-order valence-electron chi connectivity index (χ4n) is 4.86. The Balaban J connectivity index is 1.58. The van der Waals surface area contributed by atoms with E-state index in [2.05, 4.69) is 19.2 Å². The van der Waals surface area contributed by atoms with Gasteiger partial charge < -0.3 is 25.6 Å². The number of morpholine rings is 1. The lowest BCUT2D eigenvalue weighted by Gasteiger charge is -2.37. The van der Waals surface area contributed by atoms with Gasteiger partial charge in [0.2, 0.25) is 11.8 Å². The molecule has 0 saturated carbocycles. The van der Waals surface area contributed by atoms with Crippen molar-refractivity contribution in [3.63, 3.8) is 0 Å². The summed E-state index contributed by atoms with van der Waals surface area (Å²) in [6, 6.07) is 14.3. The largest absolute Gasteiger partial charge is 0.377 e. The smallest absolute Gasteiger partial charge is 0.315 e. The highest BCUT2D eigenvalue weighted by atomic mass is 19.1. The number of urea groups is 1. The first kappa shape index (κ1) is 25.6. The van der Waals surface area contributed by atoms with Gasteiger partial charge in [0.15, 0.2) is 0 Å². The van der Waals surface area contributed by atoms with Crippen molar-refractivity contribution >= 4 is 17.8 Å². The van der Waals surface area contributed by atoms with Crippen LogP contribution in [0.1, 0.15) is 48.9 Å². The molecule has 0 aromatic heterocycles. The van der Waals surface area contributed by atoms with Crippen LogP contribution in [0.15, 0.2) is 54.6 Å². The zero-order valence-electron chi connectivity index (χ0n) is 20.6. The highest BCUT2D eigenvalue weighted by molar-refractivity contribution is 5.92. The Bertz CT molecular complexity index is 1080. The summed E-state index contributed by atoms with van der Waals surface area (Å²) in [5.41, 5.74) is 8.38. The number of nitrogens with one attached hydrogen (secondary N) is 1. The summed E-state index contributed by atoms with van der Waals surface area (Å²) in [4.78, 5) is 41.2. The number of primary amides is 1. The van der Waals surface area contributed by atoms with Crippen molar-refractivity contribution in [1.29, 1.82) is 0 Å². The molecule has 36 heavy (non-hydrogen) atoms. The first-order valence-corrected chi connectivity index (χ1v) is 12.3. The zero-order chi connectivity index (χ0) is 25.8. The molecule has 4 rings (SSSR count).